The van der Waals surface area contributed by atoms with Crippen molar-refractivity contribution < 1.29 is 4.79 Å². The molecule has 0 unspecified atom stereocenters. The number of carbonyl (C=O) groups excluding carboxylic acids is 1. The summed E-state index contributed by atoms with van der Waals surface area (Å²) < 4.78 is 0. The van der Waals surface area contributed by atoms with Crippen LogP contribution in [-0.4, -0.2) is 10.9 Å². The molecule has 1 aromatic heterocycles. The number of hydrogen-bond acceptors (Lipinski definition) is 2. The van der Waals surface area contributed by atoms with E-state index in [0.717, 1.165) is 18.5 Å². The molecule has 1 heterocycles. The highest BCUT2D eigenvalue weighted by Crippen LogP contribution is 2.19. The first-order valence-electron chi connectivity index (χ1n) is 8.15. The van der Waals surface area contributed by atoms with Crippen molar-refractivity contribution >= 4 is 11.6 Å². The zero-order chi connectivity index (χ0) is 16.6. The van der Waals surface area contributed by atoms with Crippen LogP contribution in [0.5, 0.6) is 0 Å². The molecule has 0 fully saturated rings. The number of nitrogens with one attached hydrogen (secondary N) is 1. The fourth-order valence-corrected chi connectivity index (χ4v) is 2.61. The normalized spacial score (nSPS) is 10.3. The van der Waals surface area contributed by atoms with Crippen molar-refractivity contribution in [3.05, 3.63) is 84.7 Å². The molecule has 1 amide bonds. The van der Waals surface area contributed by atoms with Gasteiger partial charge < -0.3 is 5.32 Å². The Labute approximate surface area is 142 Å². The van der Waals surface area contributed by atoms with E-state index >= 15 is 0 Å². The van der Waals surface area contributed by atoms with Gasteiger partial charge in [-0.15, -0.1) is 0 Å². The minimum absolute atomic E-state index is 0.0314. The molecule has 0 saturated heterocycles. The van der Waals surface area contributed by atoms with E-state index in [4.69, 9.17) is 0 Å². The first-order chi connectivity index (χ1) is 11.8. The predicted molar refractivity (Wildman–Crippen MR) is 97.7 cm³/mol. The van der Waals surface area contributed by atoms with E-state index in [0.29, 0.717) is 6.42 Å². The van der Waals surface area contributed by atoms with Crippen molar-refractivity contribution in [3.8, 4) is 11.1 Å². The smallest absolute Gasteiger partial charge is 0.224 e. The Bertz CT molecular complexity index is 768. The van der Waals surface area contributed by atoms with Crippen molar-refractivity contribution in [2.24, 2.45) is 0 Å². The number of nitrogens with zero attached hydrogens (tertiary/aromatic N) is 1. The van der Waals surface area contributed by atoms with Crippen molar-refractivity contribution in [1.82, 2.24) is 4.98 Å². The van der Waals surface area contributed by atoms with Gasteiger partial charge in [-0.2, -0.15) is 0 Å². The monoisotopic (exact) mass is 316 g/mol. The summed E-state index contributed by atoms with van der Waals surface area (Å²) in [4.78, 5) is 15.9. The summed E-state index contributed by atoms with van der Waals surface area (Å²) in [7, 11) is 0. The van der Waals surface area contributed by atoms with E-state index in [1.54, 1.807) is 12.4 Å². The number of aromatic nitrogens is 1. The van der Waals surface area contributed by atoms with Crippen LogP contribution in [0, 0.1) is 0 Å². The van der Waals surface area contributed by atoms with Gasteiger partial charge in [0.05, 0.1) is 11.9 Å². The van der Waals surface area contributed by atoms with Crippen LogP contribution < -0.4 is 5.32 Å². The van der Waals surface area contributed by atoms with Gasteiger partial charge in [-0.1, -0.05) is 54.6 Å². The molecule has 0 aliphatic carbocycles. The number of aryl methyl sites for hydroxylation is 1. The van der Waals surface area contributed by atoms with Crippen LogP contribution in [0.4, 0.5) is 5.69 Å². The maximum Gasteiger partial charge on any atom is 0.224 e. The van der Waals surface area contributed by atoms with E-state index in [9.17, 15) is 4.79 Å². The van der Waals surface area contributed by atoms with Crippen LogP contribution in [0.3, 0.4) is 0 Å². The van der Waals surface area contributed by atoms with Gasteiger partial charge in [-0.05, 0) is 41.7 Å². The van der Waals surface area contributed by atoms with E-state index in [1.807, 2.05) is 30.3 Å². The maximum absolute atomic E-state index is 11.9. The molecule has 24 heavy (non-hydrogen) atoms. The van der Waals surface area contributed by atoms with Gasteiger partial charge in [0.25, 0.3) is 0 Å². The Morgan fingerprint density at radius 1 is 0.875 bits per heavy atom. The Hall–Kier alpha value is -2.94. The van der Waals surface area contributed by atoms with E-state index in [-0.39, 0.29) is 5.91 Å². The fraction of sp³-hybridized carbons (Fsp3) is 0.143. The van der Waals surface area contributed by atoms with Gasteiger partial charge in [0.1, 0.15) is 0 Å². The second-order valence-electron chi connectivity index (χ2n) is 5.71. The third-order valence-electron chi connectivity index (χ3n) is 3.88. The van der Waals surface area contributed by atoms with Crippen LogP contribution in [-0.2, 0) is 11.2 Å². The minimum atomic E-state index is 0.0314. The zero-order valence-corrected chi connectivity index (χ0v) is 13.5. The molecule has 120 valence electrons. The van der Waals surface area contributed by atoms with Crippen molar-refractivity contribution in [2.75, 3.05) is 5.32 Å². The van der Waals surface area contributed by atoms with Crippen LogP contribution in [0.2, 0.25) is 0 Å². The largest absolute Gasteiger partial charge is 0.325 e. The Morgan fingerprint density at radius 2 is 1.62 bits per heavy atom. The van der Waals surface area contributed by atoms with Crippen LogP contribution in [0.15, 0.2) is 79.1 Å². The Kier molecular flexibility index (Phi) is 5.36. The van der Waals surface area contributed by atoms with E-state index < -0.39 is 0 Å². The summed E-state index contributed by atoms with van der Waals surface area (Å²) in [6.07, 6.45) is 5.58. The number of benzene rings is 2. The number of rotatable bonds is 6. The maximum atomic E-state index is 11.9. The molecule has 3 rings (SSSR count). The lowest BCUT2D eigenvalue weighted by Crippen LogP contribution is -2.11. The fourth-order valence-electron chi connectivity index (χ4n) is 2.61. The van der Waals surface area contributed by atoms with Gasteiger partial charge in [0.2, 0.25) is 5.91 Å². The molecular weight excluding hydrogens is 296 g/mol. The number of pyridine rings is 1. The highest BCUT2D eigenvalue weighted by molar-refractivity contribution is 5.90. The van der Waals surface area contributed by atoms with Gasteiger partial charge in [0.15, 0.2) is 0 Å². The second-order valence-corrected chi connectivity index (χ2v) is 5.71. The Balaban J connectivity index is 1.48. The lowest BCUT2D eigenvalue weighted by Gasteiger charge is -2.06. The number of hydrogen-bond donors (Lipinski definition) is 1. The molecule has 0 bridgehead atoms. The Morgan fingerprint density at radius 3 is 2.33 bits per heavy atom. The number of amides is 1. The lowest BCUT2D eigenvalue weighted by atomic mass is 10.0. The standard InChI is InChI=1S/C21H20N2O/c24-21(23-20-9-5-15-22-16-20)10-4-6-17-11-13-19(14-12-17)18-7-2-1-3-8-18/h1-3,5,7-9,11-16H,4,6,10H2,(H,23,24). The summed E-state index contributed by atoms with van der Waals surface area (Å²) in [6.45, 7) is 0. The van der Waals surface area contributed by atoms with Gasteiger partial charge in [0, 0.05) is 12.6 Å². The van der Waals surface area contributed by atoms with Crippen molar-refractivity contribution in [1.29, 1.82) is 0 Å². The molecule has 0 atom stereocenters. The SMILES string of the molecule is O=C(CCCc1ccc(-c2ccccc2)cc1)Nc1cccnc1. The number of anilines is 1. The summed E-state index contributed by atoms with van der Waals surface area (Å²) in [6, 6.07) is 22.5. The van der Waals surface area contributed by atoms with Crippen LogP contribution in [0.25, 0.3) is 11.1 Å². The average molecular weight is 316 g/mol. The molecule has 0 aliphatic rings. The first-order valence-corrected chi connectivity index (χ1v) is 8.15. The summed E-state index contributed by atoms with van der Waals surface area (Å²) >= 11 is 0. The van der Waals surface area contributed by atoms with Crippen molar-refractivity contribution in [2.45, 2.75) is 19.3 Å². The topological polar surface area (TPSA) is 42.0 Å². The van der Waals surface area contributed by atoms with Gasteiger partial charge in [-0.25, -0.2) is 0 Å². The summed E-state index contributed by atoms with van der Waals surface area (Å²) in [5.74, 6) is 0.0314. The number of carbonyl (C=O) groups is 1. The molecule has 3 aromatic rings. The molecule has 0 aliphatic heterocycles. The molecular formula is C21H20N2O. The van der Waals surface area contributed by atoms with Gasteiger partial charge >= 0.3 is 0 Å². The van der Waals surface area contributed by atoms with Crippen LogP contribution >= 0.6 is 0 Å². The van der Waals surface area contributed by atoms with Crippen molar-refractivity contribution in [3.63, 3.8) is 0 Å². The average Bonchev–Trinajstić information content (AvgIpc) is 2.64. The van der Waals surface area contributed by atoms with E-state index in [2.05, 4.69) is 46.7 Å². The molecule has 1 N–H and O–H groups in total. The molecule has 0 radical (unpaired) electrons. The molecule has 0 spiro atoms. The van der Waals surface area contributed by atoms with Gasteiger partial charge in [-0.3, -0.25) is 9.78 Å². The molecule has 3 heteroatoms. The third kappa shape index (κ3) is 4.53. The second kappa shape index (κ2) is 8.06. The summed E-state index contributed by atoms with van der Waals surface area (Å²) in [5, 5.41) is 2.86. The quantitative estimate of drug-likeness (QED) is 0.715. The molecule has 2 aromatic carbocycles. The van der Waals surface area contributed by atoms with E-state index in [1.165, 1.54) is 16.7 Å². The summed E-state index contributed by atoms with van der Waals surface area (Å²) in [5.41, 5.74) is 4.44. The highest BCUT2D eigenvalue weighted by Gasteiger charge is 2.03. The highest BCUT2D eigenvalue weighted by atomic mass is 16.1. The zero-order valence-electron chi connectivity index (χ0n) is 13.5. The molecule has 0 saturated carbocycles. The minimum Gasteiger partial charge on any atom is -0.325 e. The van der Waals surface area contributed by atoms with Crippen LogP contribution in [0.1, 0.15) is 18.4 Å². The first kappa shape index (κ1) is 15.9. The lowest BCUT2D eigenvalue weighted by molar-refractivity contribution is -0.116. The molecule has 3 nitrogen and oxygen atoms in total. The third-order valence-corrected chi connectivity index (χ3v) is 3.88. The predicted octanol–water partition coefficient (Wildman–Crippen LogP) is 4.71.